The first-order valence-electron chi connectivity index (χ1n) is 8.00. The molecule has 0 radical (unpaired) electrons. The summed E-state index contributed by atoms with van der Waals surface area (Å²) in [6.07, 6.45) is -0.0768. The smallest absolute Gasteiger partial charge is 0.310 e. The van der Waals surface area contributed by atoms with E-state index in [1.54, 1.807) is 13.1 Å². The number of amides is 1. The monoisotopic (exact) mass is 372 g/mol. The van der Waals surface area contributed by atoms with Crippen molar-refractivity contribution in [2.75, 3.05) is 13.7 Å². The van der Waals surface area contributed by atoms with Gasteiger partial charge in [-0.2, -0.15) is 0 Å². The van der Waals surface area contributed by atoms with Crippen LogP contribution in [0, 0.1) is 5.82 Å². The molecule has 0 atom stereocenters. The number of esters is 1. The van der Waals surface area contributed by atoms with Gasteiger partial charge in [-0.1, -0.05) is 24.3 Å². The van der Waals surface area contributed by atoms with Gasteiger partial charge in [-0.25, -0.2) is 9.37 Å². The van der Waals surface area contributed by atoms with Gasteiger partial charge in [0.2, 0.25) is 0 Å². The van der Waals surface area contributed by atoms with Gasteiger partial charge in [0, 0.05) is 7.05 Å². The number of likely N-dealkylation sites (N-methyl/N-ethyl adjacent to an activating group) is 1. The Morgan fingerprint density at radius 1 is 1.19 bits per heavy atom. The van der Waals surface area contributed by atoms with Gasteiger partial charge in [0.05, 0.1) is 23.2 Å². The molecule has 3 aromatic rings. The van der Waals surface area contributed by atoms with Crippen LogP contribution in [0.3, 0.4) is 0 Å². The predicted octanol–water partition coefficient (Wildman–Crippen LogP) is 3.18. The van der Waals surface area contributed by atoms with Crippen molar-refractivity contribution in [1.29, 1.82) is 0 Å². The van der Waals surface area contributed by atoms with Crippen molar-refractivity contribution in [2.45, 2.75) is 13.0 Å². The second kappa shape index (κ2) is 8.05. The number of fused-ring (bicyclic) bond motifs is 1. The van der Waals surface area contributed by atoms with Crippen LogP contribution in [0.25, 0.3) is 10.2 Å². The van der Waals surface area contributed by atoms with Gasteiger partial charge < -0.3 is 9.64 Å². The van der Waals surface area contributed by atoms with Gasteiger partial charge in [0.1, 0.15) is 10.8 Å². The van der Waals surface area contributed by atoms with Crippen LogP contribution in [-0.4, -0.2) is 35.4 Å². The third-order valence-electron chi connectivity index (χ3n) is 3.73. The van der Waals surface area contributed by atoms with Gasteiger partial charge in [0.25, 0.3) is 5.91 Å². The first-order chi connectivity index (χ1) is 12.5. The average molecular weight is 372 g/mol. The molecule has 0 saturated heterocycles. The van der Waals surface area contributed by atoms with Gasteiger partial charge in [-0.15, -0.1) is 11.3 Å². The fourth-order valence-electron chi connectivity index (χ4n) is 2.40. The Bertz CT molecular complexity index is 908. The molecule has 0 aliphatic heterocycles. The average Bonchev–Trinajstić information content (AvgIpc) is 3.01. The zero-order valence-electron chi connectivity index (χ0n) is 14.1. The Labute approximate surface area is 154 Å². The minimum Gasteiger partial charge on any atom is -0.455 e. The molecule has 0 aliphatic carbocycles. The van der Waals surface area contributed by atoms with Crippen molar-refractivity contribution in [3.05, 3.63) is 64.9 Å². The third-order valence-corrected chi connectivity index (χ3v) is 4.75. The molecule has 26 heavy (non-hydrogen) atoms. The van der Waals surface area contributed by atoms with Crippen LogP contribution in [0.5, 0.6) is 0 Å². The van der Waals surface area contributed by atoms with E-state index < -0.39 is 11.8 Å². The molecule has 3 rings (SSSR count). The molecule has 1 heterocycles. The number of benzene rings is 2. The molecule has 2 aromatic carbocycles. The summed E-state index contributed by atoms with van der Waals surface area (Å²) in [4.78, 5) is 29.9. The van der Waals surface area contributed by atoms with Crippen LogP contribution in [0.15, 0.2) is 48.5 Å². The van der Waals surface area contributed by atoms with Gasteiger partial charge in [-0.3, -0.25) is 9.59 Å². The maximum atomic E-state index is 13.1. The summed E-state index contributed by atoms with van der Waals surface area (Å²) >= 11 is 1.52. The summed E-state index contributed by atoms with van der Waals surface area (Å²) in [5.74, 6) is -1.31. The molecule has 0 fully saturated rings. The number of para-hydroxylation sites is 1. The lowest BCUT2D eigenvalue weighted by molar-refractivity contribution is -0.151. The molecule has 0 unspecified atom stereocenters. The molecule has 5 nitrogen and oxygen atoms in total. The molecule has 1 aromatic heterocycles. The van der Waals surface area contributed by atoms with Crippen molar-refractivity contribution >= 4 is 33.4 Å². The van der Waals surface area contributed by atoms with Crippen molar-refractivity contribution in [3.8, 4) is 0 Å². The van der Waals surface area contributed by atoms with Crippen molar-refractivity contribution in [3.63, 3.8) is 0 Å². The maximum absolute atomic E-state index is 13.1. The standard InChI is InChI=1S/C19H17FN2O3S/c1-22(11-17-21-15-7-2-3-8-16(15)26-17)18(23)12-25-19(24)10-13-5-4-6-14(20)9-13/h2-9H,10-12H2,1H3. The highest BCUT2D eigenvalue weighted by Crippen LogP contribution is 2.22. The van der Waals surface area contributed by atoms with Gasteiger partial charge in [0.15, 0.2) is 6.61 Å². The van der Waals surface area contributed by atoms with E-state index in [0.717, 1.165) is 15.2 Å². The van der Waals surface area contributed by atoms with Crippen LogP contribution < -0.4 is 0 Å². The molecule has 134 valence electrons. The number of ether oxygens (including phenoxy) is 1. The third kappa shape index (κ3) is 4.64. The summed E-state index contributed by atoms with van der Waals surface area (Å²) < 4.78 is 19.2. The van der Waals surface area contributed by atoms with E-state index in [4.69, 9.17) is 4.74 Å². The summed E-state index contributed by atoms with van der Waals surface area (Å²) in [6, 6.07) is 13.5. The molecule has 1 amide bonds. The number of halogens is 1. The van der Waals surface area contributed by atoms with E-state index in [2.05, 4.69) is 4.98 Å². The normalized spacial score (nSPS) is 10.7. The molecular weight excluding hydrogens is 355 g/mol. The van der Waals surface area contributed by atoms with Crippen LogP contribution in [-0.2, 0) is 27.3 Å². The molecular formula is C19H17FN2O3S. The zero-order chi connectivity index (χ0) is 18.5. The number of carbonyl (C=O) groups is 2. The van der Waals surface area contributed by atoms with Crippen LogP contribution in [0.1, 0.15) is 10.6 Å². The van der Waals surface area contributed by atoms with E-state index in [1.807, 2.05) is 24.3 Å². The molecule has 0 spiro atoms. The van der Waals surface area contributed by atoms with Gasteiger partial charge >= 0.3 is 5.97 Å². The number of thiazole rings is 1. The summed E-state index contributed by atoms with van der Waals surface area (Å²) in [5.41, 5.74) is 1.40. The maximum Gasteiger partial charge on any atom is 0.310 e. The highest BCUT2D eigenvalue weighted by molar-refractivity contribution is 7.18. The highest BCUT2D eigenvalue weighted by Gasteiger charge is 2.15. The summed E-state index contributed by atoms with van der Waals surface area (Å²) in [6.45, 7) is -0.00479. The largest absolute Gasteiger partial charge is 0.455 e. The topological polar surface area (TPSA) is 59.5 Å². The summed E-state index contributed by atoms with van der Waals surface area (Å²) in [5, 5.41) is 0.813. The molecule has 7 heteroatoms. The van der Waals surface area contributed by atoms with Crippen molar-refractivity contribution in [1.82, 2.24) is 9.88 Å². The minimum absolute atomic E-state index is 0.0768. The second-order valence-electron chi connectivity index (χ2n) is 5.79. The van der Waals surface area contributed by atoms with E-state index >= 15 is 0 Å². The molecule has 0 N–H and O–H groups in total. The van der Waals surface area contributed by atoms with Crippen molar-refractivity contribution in [2.24, 2.45) is 0 Å². The number of nitrogens with zero attached hydrogens (tertiary/aromatic N) is 2. The quantitative estimate of drug-likeness (QED) is 0.624. The number of carbonyl (C=O) groups excluding carboxylic acids is 2. The Balaban J connectivity index is 1.50. The van der Waals surface area contributed by atoms with Crippen LogP contribution in [0.2, 0.25) is 0 Å². The molecule has 0 saturated carbocycles. The Morgan fingerprint density at radius 2 is 2.00 bits per heavy atom. The lowest BCUT2D eigenvalue weighted by Gasteiger charge is -2.15. The van der Waals surface area contributed by atoms with E-state index in [0.29, 0.717) is 12.1 Å². The number of rotatable bonds is 6. The number of aromatic nitrogens is 1. The fourth-order valence-corrected chi connectivity index (χ4v) is 3.42. The first kappa shape index (κ1) is 18.0. The SMILES string of the molecule is CN(Cc1nc2ccccc2s1)C(=O)COC(=O)Cc1cccc(F)c1. The number of hydrogen-bond acceptors (Lipinski definition) is 5. The Morgan fingerprint density at radius 3 is 2.77 bits per heavy atom. The molecule has 0 bridgehead atoms. The van der Waals surface area contributed by atoms with Gasteiger partial charge in [-0.05, 0) is 29.8 Å². The fraction of sp³-hybridized carbons (Fsp3) is 0.211. The van der Waals surface area contributed by atoms with Crippen LogP contribution >= 0.6 is 11.3 Å². The van der Waals surface area contributed by atoms with E-state index in [9.17, 15) is 14.0 Å². The lowest BCUT2D eigenvalue weighted by Crippen LogP contribution is -2.31. The summed E-state index contributed by atoms with van der Waals surface area (Å²) in [7, 11) is 1.63. The zero-order valence-corrected chi connectivity index (χ0v) is 15.0. The van der Waals surface area contributed by atoms with Crippen LogP contribution in [0.4, 0.5) is 4.39 Å². The lowest BCUT2D eigenvalue weighted by atomic mass is 10.1. The minimum atomic E-state index is -0.572. The first-order valence-corrected chi connectivity index (χ1v) is 8.81. The Hall–Kier alpha value is -2.80. The Kier molecular flexibility index (Phi) is 5.58. The van der Waals surface area contributed by atoms with Crippen molar-refractivity contribution < 1.29 is 18.7 Å². The predicted molar refractivity (Wildman–Crippen MR) is 97.2 cm³/mol. The highest BCUT2D eigenvalue weighted by atomic mass is 32.1. The van der Waals surface area contributed by atoms with E-state index in [1.165, 1.54) is 34.4 Å². The second-order valence-corrected chi connectivity index (χ2v) is 6.91. The van der Waals surface area contributed by atoms with E-state index in [-0.39, 0.29) is 18.9 Å². The molecule has 0 aliphatic rings. The number of hydrogen-bond donors (Lipinski definition) is 0.